The molecule has 0 radical (unpaired) electrons. The minimum atomic E-state index is 0.182. The maximum absolute atomic E-state index is 9.88. The number of benzene rings is 1. The zero-order valence-corrected chi connectivity index (χ0v) is 9.29. The summed E-state index contributed by atoms with van der Waals surface area (Å²) in [5, 5.41) is 15.6. The largest absolute Gasteiger partial charge is 0.506 e. The first-order chi connectivity index (χ1) is 8.29. The molecule has 86 valence electrons. The Balaban J connectivity index is 2.38. The van der Waals surface area contributed by atoms with Crippen molar-refractivity contribution < 1.29 is 9.84 Å². The Kier molecular flexibility index (Phi) is 2.11. The summed E-state index contributed by atoms with van der Waals surface area (Å²) < 4.78 is 6.79. The molecule has 2 heterocycles. The molecule has 17 heavy (non-hydrogen) atoms. The number of pyridine rings is 1. The third-order valence-electron chi connectivity index (χ3n) is 2.57. The summed E-state index contributed by atoms with van der Waals surface area (Å²) in [6.07, 6.45) is 1.53. The van der Waals surface area contributed by atoms with Gasteiger partial charge in [0, 0.05) is 10.8 Å². The molecule has 0 fully saturated rings. The van der Waals surface area contributed by atoms with Crippen LogP contribution in [0.5, 0.6) is 11.8 Å². The topological polar surface area (TPSA) is 59.7 Å². The lowest BCUT2D eigenvalue weighted by Crippen LogP contribution is -1.93. The average molecular weight is 229 g/mol. The van der Waals surface area contributed by atoms with E-state index in [2.05, 4.69) is 10.1 Å². The predicted octanol–water partition coefficient (Wildman–Crippen LogP) is 1.99. The van der Waals surface area contributed by atoms with E-state index in [-0.39, 0.29) is 5.75 Å². The van der Waals surface area contributed by atoms with Crippen LogP contribution in [-0.2, 0) is 0 Å². The van der Waals surface area contributed by atoms with E-state index in [1.54, 1.807) is 0 Å². The summed E-state index contributed by atoms with van der Waals surface area (Å²) in [5.74, 6) is 0.182. The summed E-state index contributed by atoms with van der Waals surface area (Å²) in [6, 6.07) is 7.84. The Labute approximate surface area is 97.3 Å². The van der Waals surface area contributed by atoms with Gasteiger partial charge >= 0.3 is 6.01 Å². The molecule has 0 unspecified atom stereocenters. The standard InChI is InChI=1S/C12H11N3O2/c1-2-17-12-13-11-9-6-4-3-5-8(9)10(16)7-15(11)14-12/h3-7,16H,2H2,1H3. The van der Waals surface area contributed by atoms with Crippen molar-refractivity contribution in [2.24, 2.45) is 0 Å². The molecular weight excluding hydrogens is 218 g/mol. The highest BCUT2D eigenvalue weighted by molar-refractivity contribution is 5.97. The Hall–Kier alpha value is -2.30. The van der Waals surface area contributed by atoms with Gasteiger partial charge in [0.15, 0.2) is 5.65 Å². The van der Waals surface area contributed by atoms with Gasteiger partial charge in [-0.3, -0.25) is 0 Å². The van der Waals surface area contributed by atoms with E-state index in [9.17, 15) is 5.11 Å². The van der Waals surface area contributed by atoms with Gasteiger partial charge in [-0.15, -0.1) is 5.10 Å². The fourth-order valence-corrected chi connectivity index (χ4v) is 1.85. The van der Waals surface area contributed by atoms with E-state index < -0.39 is 0 Å². The molecule has 3 rings (SSSR count). The van der Waals surface area contributed by atoms with Crippen LogP contribution in [-0.4, -0.2) is 26.3 Å². The minimum Gasteiger partial charge on any atom is -0.506 e. The zero-order chi connectivity index (χ0) is 11.8. The molecule has 0 spiro atoms. The number of fused-ring (bicyclic) bond motifs is 3. The lowest BCUT2D eigenvalue weighted by Gasteiger charge is -2.01. The third kappa shape index (κ3) is 1.47. The average Bonchev–Trinajstić information content (AvgIpc) is 2.73. The third-order valence-corrected chi connectivity index (χ3v) is 2.57. The zero-order valence-electron chi connectivity index (χ0n) is 9.29. The van der Waals surface area contributed by atoms with Crippen molar-refractivity contribution >= 4 is 16.4 Å². The summed E-state index contributed by atoms with van der Waals surface area (Å²) >= 11 is 0. The Morgan fingerprint density at radius 1 is 1.29 bits per heavy atom. The smallest absolute Gasteiger partial charge is 0.336 e. The molecule has 5 heteroatoms. The summed E-state index contributed by atoms with van der Waals surface area (Å²) in [7, 11) is 0. The van der Waals surface area contributed by atoms with E-state index in [1.165, 1.54) is 10.7 Å². The van der Waals surface area contributed by atoms with E-state index in [4.69, 9.17) is 4.74 Å². The van der Waals surface area contributed by atoms with Gasteiger partial charge in [-0.05, 0) is 6.92 Å². The van der Waals surface area contributed by atoms with E-state index in [0.29, 0.717) is 18.3 Å². The molecule has 0 aliphatic rings. The van der Waals surface area contributed by atoms with Crippen molar-refractivity contribution in [3.05, 3.63) is 30.5 Å². The normalized spacial score (nSPS) is 11.1. The number of nitrogens with zero attached hydrogens (tertiary/aromatic N) is 3. The highest BCUT2D eigenvalue weighted by atomic mass is 16.5. The molecule has 3 aromatic rings. The number of hydrogen-bond donors (Lipinski definition) is 1. The quantitative estimate of drug-likeness (QED) is 0.730. The number of ether oxygens (including phenoxy) is 1. The van der Waals surface area contributed by atoms with Crippen LogP contribution < -0.4 is 4.74 Å². The van der Waals surface area contributed by atoms with Crippen LogP contribution in [0.15, 0.2) is 30.5 Å². The Bertz CT molecular complexity index is 691. The van der Waals surface area contributed by atoms with Gasteiger partial charge in [-0.25, -0.2) is 4.52 Å². The van der Waals surface area contributed by atoms with Crippen LogP contribution in [0.3, 0.4) is 0 Å². The number of aromatic hydroxyl groups is 1. The molecule has 0 atom stereocenters. The van der Waals surface area contributed by atoms with E-state index in [1.807, 2.05) is 31.2 Å². The van der Waals surface area contributed by atoms with Gasteiger partial charge in [0.05, 0.1) is 12.8 Å². The van der Waals surface area contributed by atoms with Gasteiger partial charge in [-0.1, -0.05) is 24.3 Å². The lowest BCUT2D eigenvalue weighted by molar-refractivity contribution is 0.313. The number of aromatic nitrogens is 3. The predicted molar refractivity (Wildman–Crippen MR) is 63.3 cm³/mol. The van der Waals surface area contributed by atoms with Gasteiger partial charge in [-0.2, -0.15) is 4.98 Å². The van der Waals surface area contributed by atoms with Crippen LogP contribution in [0.2, 0.25) is 0 Å². The van der Waals surface area contributed by atoms with Crippen molar-refractivity contribution in [3.8, 4) is 11.8 Å². The van der Waals surface area contributed by atoms with Crippen LogP contribution in [0.1, 0.15) is 6.92 Å². The fraction of sp³-hybridized carbons (Fsp3) is 0.167. The second-order valence-corrected chi connectivity index (χ2v) is 3.66. The first kappa shape index (κ1) is 9.89. The molecule has 0 aliphatic carbocycles. The fourth-order valence-electron chi connectivity index (χ4n) is 1.85. The highest BCUT2D eigenvalue weighted by Crippen LogP contribution is 2.27. The molecule has 1 aromatic carbocycles. The maximum atomic E-state index is 9.88. The van der Waals surface area contributed by atoms with Crippen molar-refractivity contribution in [1.29, 1.82) is 0 Å². The SMILES string of the molecule is CCOc1nc2c3ccccc3c(O)cn2n1. The van der Waals surface area contributed by atoms with E-state index in [0.717, 1.165) is 10.8 Å². The molecule has 5 nitrogen and oxygen atoms in total. The van der Waals surface area contributed by atoms with Gasteiger partial charge in [0.2, 0.25) is 0 Å². The first-order valence-electron chi connectivity index (χ1n) is 5.39. The summed E-state index contributed by atoms with van der Waals surface area (Å²) in [6.45, 7) is 2.39. The Morgan fingerprint density at radius 2 is 2.06 bits per heavy atom. The van der Waals surface area contributed by atoms with Gasteiger partial charge < -0.3 is 9.84 Å². The molecule has 0 saturated heterocycles. The molecule has 0 bridgehead atoms. The molecule has 0 saturated carbocycles. The molecule has 1 N–H and O–H groups in total. The first-order valence-corrected chi connectivity index (χ1v) is 5.39. The van der Waals surface area contributed by atoms with Crippen LogP contribution in [0.4, 0.5) is 0 Å². The summed E-state index contributed by atoms with van der Waals surface area (Å²) in [5.41, 5.74) is 0.682. The highest BCUT2D eigenvalue weighted by Gasteiger charge is 2.10. The minimum absolute atomic E-state index is 0.182. The van der Waals surface area contributed by atoms with E-state index >= 15 is 0 Å². The molecule has 0 amide bonds. The second-order valence-electron chi connectivity index (χ2n) is 3.66. The monoisotopic (exact) mass is 229 g/mol. The van der Waals surface area contributed by atoms with Crippen molar-refractivity contribution in [3.63, 3.8) is 0 Å². The lowest BCUT2D eigenvalue weighted by atomic mass is 10.1. The Morgan fingerprint density at radius 3 is 2.82 bits per heavy atom. The molecule has 2 aromatic heterocycles. The maximum Gasteiger partial charge on any atom is 0.336 e. The van der Waals surface area contributed by atoms with Crippen LogP contribution in [0.25, 0.3) is 16.4 Å². The van der Waals surface area contributed by atoms with Crippen molar-refractivity contribution in [2.75, 3.05) is 6.61 Å². The van der Waals surface area contributed by atoms with Crippen LogP contribution >= 0.6 is 0 Å². The molecular formula is C12H11N3O2. The summed E-state index contributed by atoms with van der Waals surface area (Å²) in [4.78, 5) is 4.29. The molecule has 0 aliphatic heterocycles. The van der Waals surface area contributed by atoms with Crippen LogP contribution in [0, 0.1) is 0 Å². The van der Waals surface area contributed by atoms with Gasteiger partial charge in [0.1, 0.15) is 5.75 Å². The van der Waals surface area contributed by atoms with Crippen molar-refractivity contribution in [1.82, 2.24) is 14.6 Å². The van der Waals surface area contributed by atoms with Gasteiger partial charge in [0.25, 0.3) is 0 Å². The number of hydrogen-bond acceptors (Lipinski definition) is 4. The number of rotatable bonds is 2. The van der Waals surface area contributed by atoms with Crippen molar-refractivity contribution in [2.45, 2.75) is 6.92 Å². The second kappa shape index (κ2) is 3.62.